The second kappa shape index (κ2) is 36.1. The molecule has 0 bridgehead atoms. The maximum Gasteiger partial charge on any atom is 0.164 e. The van der Waals surface area contributed by atoms with E-state index in [1.165, 1.54) is 86.2 Å². The van der Waals surface area contributed by atoms with Gasteiger partial charge >= 0.3 is 0 Å². The molecule has 142 heavy (non-hydrogen) atoms. The van der Waals surface area contributed by atoms with Crippen molar-refractivity contribution in [3.8, 4) is 180 Å². The summed E-state index contributed by atoms with van der Waals surface area (Å²) in [6.45, 7) is 0. The minimum atomic E-state index is 0.584. The van der Waals surface area contributed by atoms with Gasteiger partial charge in [-0.25, -0.2) is 24.9 Å². The van der Waals surface area contributed by atoms with E-state index < -0.39 is 0 Å². The summed E-state index contributed by atoms with van der Waals surface area (Å²) in [5.74, 6) is 2.44. The number of furan rings is 1. The first-order valence-electron chi connectivity index (χ1n) is 48.0. The van der Waals surface area contributed by atoms with Gasteiger partial charge in [-0.2, -0.15) is 0 Å². The van der Waals surface area contributed by atoms with E-state index in [1.807, 2.05) is 29.5 Å². The van der Waals surface area contributed by atoms with Crippen LogP contribution < -0.4 is 0 Å². The highest BCUT2D eigenvalue weighted by Gasteiger charge is 2.25. The van der Waals surface area contributed by atoms with Crippen LogP contribution in [0, 0.1) is 0 Å². The van der Waals surface area contributed by atoms with Crippen LogP contribution in [0.5, 0.6) is 0 Å². The monoisotopic (exact) mass is 1830 g/mol. The number of fused-ring (bicyclic) bond motifs is 12. The normalized spacial score (nSPS) is 11.5. The summed E-state index contributed by atoms with van der Waals surface area (Å²) in [7, 11) is 0. The molecule has 0 radical (unpaired) electrons. The molecule has 21 aromatic carbocycles. The molecule has 0 aliphatic heterocycles. The molecule has 0 fully saturated rings. The van der Waals surface area contributed by atoms with Gasteiger partial charge in [0.05, 0.1) is 33.5 Å². The van der Waals surface area contributed by atoms with Crippen molar-refractivity contribution >= 4 is 97.1 Å². The fourth-order valence-electron chi connectivity index (χ4n) is 20.6. The average Bonchev–Trinajstić information content (AvgIpc) is 1.57. The third-order valence-corrected chi connectivity index (χ3v) is 28.6. The Morgan fingerprint density at radius 1 is 0.169 bits per heavy atom. The van der Waals surface area contributed by atoms with Gasteiger partial charge in [0.2, 0.25) is 0 Å². The predicted octanol–water partition coefficient (Wildman–Crippen LogP) is 35.8. The lowest BCUT2D eigenvalue weighted by Gasteiger charge is -2.14. The molecule has 0 amide bonds. The van der Waals surface area contributed by atoms with E-state index in [1.54, 1.807) is 0 Å². The number of para-hydroxylation sites is 4. The van der Waals surface area contributed by atoms with Gasteiger partial charge in [0.15, 0.2) is 23.3 Å². The third-order valence-electron chi connectivity index (χ3n) is 27.4. The zero-order valence-electron chi connectivity index (χ0n) is 77.0. The summed E-state index contributed by atoms with van der Waals surface area (Å²) in [5.41, 5.74) is 36.4. The van der Waals surface area contributed by atoms with Crippen molar-refractivity contribution in [1.82, 2.24) is 34.1 Å². The standard InChI is InChI=1S/C70H45N3S.C63H40N4O/c1-5-18-46(19-6-1)50-34-36-65-62(43-50)69-59(31-17-32-66(69)73(65)58-28-11-4-12-29-58)51-25-16-27-54(39-51)70-71-63(45-64(72-70)53-35-37-68-61(44-53)60-30-13-14-33-67(60)74-68)52-26-15-24-49(38-52)57-41-55(47-20-7-2-8-21-47)40-56(42-57)48-22-9-3-10-23-48;1-4-17-41(18-5-1)43-21-12-24-47(37-43)61-64-62(66-63(65-61)49-26-14-23-46(39-49)52-31-15-32-54-53-29-10-11-34-58(53)68-60(52)54)48-25-13-22-45(38-48)51-30-16-33-57-59(51)55-40-44(42-19-6-2-7-20-42)35-36-56(55)67(57)50-27-8-3-9-28-50/h1-45H;1-40H. The molecule has 0 aliphatic rings. The highest BCUT2D eigenvalue weighted by molar-refractivity contribution is 7.25. The first-order valence-corrected chi connectivity index (χ1v) is 48.9. The van der Waals surface area contributed by atoms with Crippen molar-refractivity contribution in [3.05, 3.63) is 516 Å². The molecule has 0 N–H and O–H groups in total. The molecule has 0 saturated heterocycles. The lowest BCUT2D eigenvalue weighted by atomic mass is 9.92. The van der Waals surface area contributed by atoms with Crippen molar-refractivity contribution in [2.24, 2.45) is 0 Å². The Labute approximate surface area is 824 Å². The van der Waals surface area contributed by atoms with Crippen LogP contribution in [0.3, 0.4) is 0 Å². The van der Waals surface area contributed by atoms with E-state index >= 15 is 0 Å². The Kier molecular flexibility index (Phi) is 21.3. The fraction of sp³-hybridized carbons (Fsp3) is 0. The molecule has 27 rings (SSSR count). The van der Waals surface area contributed by atoms with E-state index in [0.29, 0.717) is 23.3 Å². The predicted molar refractivity (Wildman–Crippen MR) is 592 cm³/mol. The second-order valence-corrected chi connectivity index (χ2v) is 37.2. The van der Waals surface area contributed by atoms with Crippen LogP contribution in [0.1, 0.15) is 0 Å². The number of benzene rings is 21. The van der Waals surface area contributed by atoms with E-state index in [2.05, 4.69) is 507 Å². The van der Waals surface area contributed by atoms with Crippen molar-refractivity contribution < 1.29 is 4.42 Å². The highest BCUT2D eigenvalue weighted by atomic mass is 32.1. The molecule has 9 heteroatoms. The van der Waals surface area contributed by atoms with Crippen molar-refractivity contribution in [2.45, 2.75) is 0 Å². The van der Waals surface area contributed by atoms with E-state index in [9.17, 15) is 0 Å². The quantitative estimate of drug-likeness (QED) is 0.0903. The largest absolute Gasteiger partial charge is 0.455 e. The molecule has 0 aliphatic carbocycles. The maximum absolute atomic E-state index is 6.49. The summed E-state index contributed by atoms with van der Waals surface area (Å²) < 4.78 is 13.8. The van der Waals surface area contributed by atoms with Gasteiger partial charge in [-0.3, -0.25) is 0 Å². The van der Waals surface area contributed by atoms with Crippen LogP contribution in [0.15, 0.2) is 520 Å². The smallest absolute Gasteiger partial charge is 0.164 e. The summed E-state index contributed by atoms with van der Waals surface area (Å²) in [4.78, 5) is 26.8. The van der Waals surface area contributed by atoms with Crippen LogP contribution in [-0.2, 0) is 0 Å². The van der Waals surface area contributed by atoms with Gasteiger partial charge < -0.3 is 13.6 Å². The van der Waals surface area contributed by atoms with E-state index in [0.717, 1.165) is 156 Å². The Morgan fingerprint density at radius 3 is 0.958 bits per heavy atom. The number of hydrogen-bond donors (Lipinski definition) is 0. The first kappa shape index (κ1) is 83.9. The highest BCUT2D eigenvalue weighted by Crippen LogP contribution is 2.48. The minimum absolute atomic E-state index is 0.584. The molecule has 0 spiro atoms. The van der Waals surface area contributed by atoms with Gasteiger partial charge in [0.1, 0.15) is 11.2 Å². The molecule has 0 unspecified atom stereocenters. The number of aromatic nitrogens is 7. The summed E-state index contributed by atoms with van der Waals surface area (Å²) in [5, 5.41) is 9.46. The molecule has 664 valence electrons. The molecule has 27 aromatic rings. The maximum atomic E-state index is 6.49. The van der Waals surface area contributed by atoms with Gasteiger partial charge in [0.25, 0.3) is 0 Å². The third kappa shape index (κ3) is 15.7. The van der Waals surface area contributed by atoms with Crippen molar-refractivity contribution in [2.75, 3.05) is 0 Å². The fourth-order valence-corrected chi connectivity index (χ4v) is 21.7. The number of hydrogen-bond acceptors (Lipinski definition) is 7. The van der Waals surface area contributed by atoms with Gasteiger partial charge in [-0.1, -0.05) is 376 Å². The first-order chi connectivity index (χ1) is 70.3. The van der Waals surface area contributed by atoms with Crippen LogP contribution in [0.2, 0.25) is 0 Å². The Bertz CT molecular complexity index is 9470. The van der Waals surface area contributed by atoms with Crippen molar-refractivity contribution in [1.29, 1.82) is 0 Å². The molecule has 6 aromatic heterocycles. The van der Waals surface area contributed by atoms with E-state index in [4.69, 9.17) is 29.3 Å². The topological polar surface area (TPSA) is 87.5 Å². The Balaban J connectivity index is 0.000000146. The number of rotatable bonds is 17. The van der Waals surface area contributed by atoms with E-state index in [-0.39, 0.29) is 0 Å². The van der Waals surface area contributed by atoms with Crippen LogP contribution >= 0.6 is 11.3 Å². The molecule has 6 heterocycles. The second-order valence-electron chi connectivity index (χ2n) is 36.1. The SMILES string of the molecule is c1ccc(-c2cc(-c3ccccc3)cc(-c3cccc(-c4cc(-c5ccc6sc7ccccc7c6c5)nc(-c5cccc(-c6cccc7c6c6cc(-c8ccccc8)ccc6n7-c6ccccc6)c5)n4)c3)c2)cc1.c1ccc(-c2cccc(-c3nc(-c4cccc(-c5cccc6c5oc5ccccc56)c4)nc(-c4cccc(-c5cccc6c5c5cc(-c7ccccc7)ccc5n6-c5ccccc5)c4)n3)c2)cc1. The summed E-state index contributed by atoms with van der Waals surface area (Å²) >= 11 is 1.83. The van der Waals surface area contributed by atoms with Crippen LogP contribution in [0.25, 0.3) is 265 Å². The molecule has 0 atom stereocenters. The number of nitrogens with zero attached hydrogens (tertiary/aromatic N) is 7. The van der Waals surface area contributed by atoms with Crippen LogP contribution in [0.4, 0.5) is 0 Å². The average molecular weight is 1830 g/mol. The zero-order valence-corrected chi connectivity index (χ0v) is 77.8. The molecular formula is C133H85N7OS. The zero-order chi connectivity index (χ0) is 93.9. The summed E-state index contributed by atoms with van der Waals surface area (Å²) in [6.07, 6.45) is 0. The Morgan fingerprint density at radius 2 is 0.472 bits per heavy atom. The van der Waals surface area contributed by atoms with Gasteiger partial charge in [-0.15, -0.1) is 11.3 Å². The van der Waals surface area contributed by atoms with Gasteiger partial charge in [0, 0.05) is 103 Å². The van der Waals surface area contributed by atoms with Gasteiger partial charge in [-0.05, 0) is 234 Å². The van der Waals surface area contributed by atoms with Crippen LogP contribution in [-0.4, -0.2) is 34.1 Å². The summed E-state index contributed by atoms with van der Waals surface area (Å²) in [6, 6.07) is 184. The lowest BCUT2D eigenvalue weighted by molar-refractivity contribution is 0.670. The Hall–Kier alpha value is -18.7. The molecule has 0 saturated carbocycles. The lowest BCUT2D eigenvalue weighted by Crippen LogP contribution is -2.00. The minimum Gasteiger partial charge on any atom is -0.455 e. The molecule has 8 nitrogen and oxygen atoms in total. The molecular weight excluding hydrogens is 1740 g/mol. The number of thiophene rings is 1. The van der Waals surface area contributed by atoms with Crippen molar-refractivity contribution in [3.63, 3.8) is 0 Å².